The van der Waals surface area contributed by atoms with Crippen LogP contribution in [0.1, 0.15) is 40.2 Å². The maximum atomic E-state index is 13.4. The summed E-state index contributed by atoms with van der Waals surface area (Å²) in [4.78, 5) is 11.1. The Bertz CT molecular complexity index is 680. The van der Waals surface area contributed by atoms with E-state index in [-0.39, 0.29) is 5.56 Å². The van der Waals surface area contributed by atoms with E-state index in [0.717, 1.165) is 5.92 Å². The lowest BCUT2D eigenvalue weighted by molar-refractivity contribution is 0.0996. The molecule has 3 nitrogen and oxygen atoms in total. The fraction of sp³-hybridized carbons (Fsp3) is 0.235. The molecule has 0 radical (unpaired) electrons. The Labute approximate surface area is 123 Å². The van der Waals surface area contributed by atoms with E-state index in [4.69, 9.17) is 5.73 Å². The normalized spacial score (nSPS) is 14.0. The highest BCUT2D eigenvalue weighted by Gasteiger charge is 2.23. The minimum atomic E-state index is -0.758. The summed E-state index contributed by atoms with van der Waals surface area (Å²) >= 11 is 0. The molecular weight excluding hydrogens is 267 g/mol. The van der Waals surface area contributed by atoms with Gasteiger partial charge < -0.3 is 11.1 Å². The number of nitrogens with one attached hydrogen (secondary N) is 1. The molecule has 3 rings (SSSR count). The molecule has 0 bridgehead atoms. The van der Waals surface area contributed by atoms with Crippen molar-refractivity contribution in [2.75, 3.05) is 5.32 Å². The third kappa shape index (κ3) is 3.21. The van der Waals surface area contributed by atoms with Crippen LogP contribution in [0.5, 0.6) is 0 Å². The Morgan fingerprint density at radius 3 is 2.76 bits per heavy atom. The number of halogens is 1. The van der Waals surface area contributed by atoms with Crippen LogP contribution in [0.4, 0.5) is 10.1 Å². The van der Waals surface area contributed by atoms with E-state index in [1.807, 2.05) is 0 Å². The topological polar surface area (TPSA) is 55.1 Å². The summed E-state index contributed by atoms with van der Waals surface area (Å²) in [6.07, 6.45) is 2.55. The van der Waals surface area contributed by atoms with Gasteiger partial charge in [-0.2, -0.15) is 0 Å². The number of hydrogen-bond acceptors (Lipinski definition) is 2. The van der Waals surface area contributed by atoms with Crippen LogP contribution in [0.25, 0.3) is 0 Å². The number of anilines is 1. The van der Waals surface area contributed by atoms with Gasteiger partial charge in [-0.3, -0.25) is 4.79 Å². The zero-order chi connectivity index (χ0) is 14.8. The van der Waals surface area contributed by atoms with Crippen LogP contribution >= 0.6 is 0 Å². The standard InChI is InChI=1S/C17H17FN2O/c18-16-7-6-14(9-15(16)17(19)21)20-10-11-2-1-3-13(8-11)12-4-5-12/h1-3,6-9,12,20H,4-5,10H2,(H2,19,21). The van der Waals surface area contributed by atoms with Crippen molar-refractivity contribution in [2.24, 2.45) is 5.73 Å². The second-order valence-electron chi connectivity index (χ2n) is 5.43. The van der Waals surface area contributed by atoms with Gasteiger partial charge in [-0.15, -0.1) is 0 Å². The molecule has 0 aromatic heterocycles. The summed E-state index contributed by atoms with van der Waals surface area (Å²) in [5.74, 6) is -0.632. The van der Waals surface area contributed by atoms with Crippen LogP contribution in [0.2, 0.25) is 0 Å². The van der Waals surface area contributed by atoms with E-state index < -0.39 is 11.7 Å². The lowest BCUT2D eigenvalue weighted by Crippen LogP contribution is -2.13. The molecule has 0 aliphatic heterocycles. The molecule has 1 saturated carbocycles. The molecule has 1 amide bonds. The van der Waals surface area contributed by atoms with Gasteiger partial charge >= 0.3 is 0 Å². The third-order valence-corrected chi connectivity index (χ3v) is 3.73. The molecule has 0 atom stereocenters. The van der Waals surface area contributed by atoms with E-state index in [2.05, 4.69) is 29.6 Å². The predicted octanol–water partition coefficient (Wildman–Crippen LogP) is 3.41. The first-order valence-corrected chi connectivity index (χ1v) is 7.05. The summed E-state index contributed by atoms with van der Waals surface area (Å²) in [7, 11) is 0. The first-order valence-electron chi connectivity index (χ1n) is 7.05. The molecule has 1 aliphatic carbocycles. The van der Waals surface area contributed by atoms with Gasteiger partial charge in [0.1, 0.15) is 5.82 Å². The summed E-state index contributed by atoms with van der Waals surface area (Å²) in [6.45, 7) is 0.629. The molecule has 1 fully saturated rings. The smallest absolute Gasteiger partial charge is 0.251 e. The molecule has 108 valence electrons. The zero-order valence-corrected chi connectivity index (χ0v) is 11.6. The number of rotatable bonds is 5. The number of nitrogens with two attached hydrogens (primary N) is 1. The van der Waals surface area contributed by atoms with Crippen LogP contribution in [-0.4, -0.2) is 5.91 Å². The first kappa shape index (κ1) is 13.6. The minimum Gasteiger partial charge on any atom is -0.381 e. The van der Waals surface area contributed by atoms with Crippen LogP contribution in [0.15, 0.2) is 42.5 Å². The Balaban J connectivity index is 1.71. The van der Waals surface area contributed by atoms with Crippen LogP contribution < -0.4 is 11.1 Å². The maximum absolute atomic E-state index is 13.4. The van der Waals surface area contributed by atoms with Crippen molar-refractivity contribution in [1.29, 1.82) is 0 Å². The van der Waals surface area contributed by atoms with Crippen molar-refractivity contribution in [3.8, 4) is 0 Å². The summed E-state index contributed by atoms with van der Waals surface area (Å²) < 4.78 is 13.4. The first-order chi connectivity index (χ1) is 10.1. The van der Waals surface area contributed by atoms with Gasteiger partial charge in [0.15, 0.2) is 0 Å². The van der Waals surface area contributed by atoms with Gasteiger partial charge in [-0.05, 0) is 48.1 Å². The predicted molar refractivity (Wildman–Crippen MR) is 80.7 cm³/mol. The molecule has 3 N–H and O–H groups in total. The largest absolute Gasteiger partial charge is 0.381 e. The van der Waals surface area contributed by atoms with Crippen molar-refractivity contribution >= 4 is 11.6 Å². The third-order valence-electron chi connectivity index (χ3n) is 3.73. The molecule has 1 aliphatic rings. The van der Waals surface area contributed by atoms with Crippen molar-refractivity contribution in [2.45, 2.75) is 25.3 Å². The Hall–Kier alpha value is -2.36. The van der Waals surface area contributed by atoms with E-state index in [0.29, 0.717) is 12.2 Å². The highest BCUT2D eigenvalue weighted by molar-refractivity contribution is 5.94. The van der Waals surface area contributed by atoms with E-state index in [9.17, 15) is 9.18 Å². The Kier molecular flexibility index (Phi) is 3.60. The lowest BCUT2D eigenvalue weighted by Gasteiger charge is -2.09. The molecule has 0 unspecified atom stereocenters. The molecule has 0 saturated heterocycles. The Morgan fingerprint density at radius 2 is 2.05 bits per heavy atom. The molecule has 0 spiro atoms. The number of carbonyl (C=O) groups is 1. The molecule has 0 heterocycles. The van der Waals surface area contributed by atoms with Crippen LogP contribution in [-0.2, 0) is 6.54 Å². The van der Waals surface area contributed by atoms with Crippen LogP contribution in [0, 0.1) is 5.82 Å². The molecule has 4 heteroatoms. The van der Waals surface area contributed by atoms with Crippen LogP contribution in [0.3, 0.4) is 0 Å². The van der Waals surface area contributed by atoms with E-state index >= 15 is 0 Å². The number of benzene rings is 2. The van der Waals surface area contributed by atoms with Gasteiger partial charge in [0, 0.05) is 12.2 Å². The fourth-order valence-corrected chi connectivity index (χ4v) is 2.40. The van der Waals surface area contributed by atoms with E-state index in [1.165, 1.54) is 36.1 Å². The van der Waals surface area contributed by atoms with Gasteiger partial charge in [0.25, 0.3) is 5.91 Å². The van der Waals surface area contributed by atoms with Crippen molar-refractivity contribution in [3.05, 3.63) is 65.0 Å². The molecule has 21 heavy (non-hydrogen) atoms. The van der Waals surface area contributed by atoms with Crippen molar-refractivity contribution in [1.82, 2.24) is 0 Å². The fourth-order valence-electron chi connectivity index (χ4n) is 2.40. The highest BCUT2D eigenvalue weighted by Crippen LogP contribution is 2.40. The summed E-state index contributed by atoms with van der Waals surface area (Å²) in [6, 6.07) is 12.8. The van der Waals surface area contributed by atoms with Gasteiger partial charge in [0.05, 0.1) is 5.56 Å². The van der Waals surface area contributed by atoms with Crippen molar-refractivity contribution < 1.29 is 9.18 Å². The van der Waals surface area contributed by atoms with Gasteiger partial charge in [0.2, 0.25) is 0 Å². The average molecular weight is 284 g/mol. The number of primary amides is 1. The second kappa shape index (κ2) is 5.56. The second-order valence-corrected chi connectivity index (χ2v) is 5.43. The maximum Gasteiger partial charge on any atom is 0.251 e. The van der Waals surface area contributed by atoms with Crippen molar-refractivity contribution in [3.63, 3.8) is 0 Å². The van der Waals surface area contributed by atoms with Gasteiger partial charge in [-0.1, -0.05) is 24.3 Å². The Morgan fingerprint density at radius 1 is 1.24 bits per heavy atom. The quantitative estimate of drug-likeness (QED) is 0.884. The summed E-state index contributed by atoms with van der Waals surface area (Å²) in [5.41, 5.74) is 8.29. The number of amides is 1. The van der Waals surface area contributed by atoms with E-state index in [1.54, 1.807) is 6.07 Å². The molecule has 2 aromatic carbocycles. The summed E-state index contributed by atoms with van der Waals surface area (Å²) in [5, 5.41) is 3.20. The zero-order valence-electron chi connectivity index (χ0n) is 11.6. The lowest BCUT2D eigenvalue weighted by atomic mass is 10.1. The monoisotopic (exact) mass is 284 g/mol. The molecular formula is C17H17FN2O. The molecule has 2 aromatic rings. The number of hydrogen-bond donors (Lipinski definition) is 2. The SMILES string of the molecule is NC(=O)c1cc(NCc2cccc(C3CC3)c2)ccc1F. The average Bonchev–Trinajstić information content (AvgIpc) is 3.31. The highest BCUT2D eigenvalue weighted by atomic mass is 19.1. The number of carbonyl (C=O) groups excluding carboxylic acids is 1. The van der Waals surface area contributed by atoms with Gasteiger partial charge in [-0.25, -0.2) is 4.39 Å². The minimum absolute atomic E-state index is 0.0910.